The van der Waals surface area contributed by atoms with Gasteiger partial charge in [0.25, 0.3) is 0 Å². The van der Waals surface area contributed by atoms with Crippen molar-refractivity contribution in [2.45, 2.75) is 25.8 Å². The molecule has 1 unspecified atom stereocenters. The van der Waals surface area contributed by atoms with Gasteiger partial charge in [0.15, 0.2) is 0 Å². The van der Waals surface area contributed by atoms with Gasteiger partial charge in [0, 0.05) is 12.1 Å². The fraction of sp³-hybridized carbons (Fsp3) is 0.500. The molecule has 1 saturated carbocycles. The van der Waals surface area contributed by atoms with E-state index in [2.05, 4.69) is 12.2 Å². The van der Waals surface area contributed by atoms with Crippen molar-refractivity contribution in [2.75, 3.05) is 12.4 Å². The molecule has 1 aromatic rings. The van der Waals surface area contributed by atoms with Crippen LogP contribution >= 0.6 is 0 Å². The van der Waals surface area contributed by atoms with E-state index >= 15 is 0 Å². The molecule has 1 fully saturated rings. The van der Waals surface area contributed by atoms with E-state index in [-0.39, 0.29) is 5.82 Å². The Hall–Kier alpha value is -1.25. The van der Waals surface area contributed by atoms with E-state index in [0.717, 1.165) is 11.6 Å². The summed E-state index contributed by atoms with van der Waals surface area (Å²) in [6, 6.07) is 4.93. The summed E-state index contributed by atoms with van der Waals surface area (Å²) in [5.74, 6) is 1.20. The molecule has 0 saturated heterocycles. The molecule has 15 heavy (non-hydrogen) atoms. The summed E-state index contributed by atoms with van der Waals surface area (Å²) in [6.07, 6.45) is 2.54. The maximum atomic E-state index is 13.1. The molecule has 0 spiro atoms. The Kier molecular flexibility index (Phi) is 2.80. The molecule has 0 radical (unpaired) electrons. The number of benzene rings is 1. The highest BCUT2D eigenvalue weighted by Gasteiger charge is 2.28. The molecule has 1 aliphatic carbocycles. The fourth-order valence-electron chi connectivity index (χ4n) is 1.75. The second-order valence-corrected chi connectivity index (χ2v) is 4.12. The number of hydrogen-bond acceptors (Lipinski definition) is 2. The number of halogens is 1. The van der Waals surface area contributed by atoms with Gasteiger partial charge in [-0.3, -0.25) is 0 Å². The minimum atomic E-state index is -0.235. The summed E-state index contributed by atoms with van der Waals surface area (Å²) in [6.45, 7) is 2.13. The molecule has 0 amide bonds. The molecule has 2 rings (SSSR count). The molecule has 82 valence electrons. The van der Waals surface area contributed by atoms with Crippen molar-refractivity contribution in [1.82, 2.24) is 0 Å². The molecule has 0 aliphatic heterocycles. The molecular weight excluding hydrogens is 193 g/mol. The zero-order valence-corrected chi connectivity index (χ0v) is 9.09. The molecule has 1 aromatic carbocycles. The van der Waals surface area contributed by atoms with Crippen LogP contribution in [0.4, 0.5) is 10.1 Å². The Balaban J connectivity index is 2.13. The van der Waals surface area contributed by atoms with E-state index < -0.39 is 0 Å². The second-order valence-electron chi connectivity index (χ2n) is 4.12. The first-order valence-corrected chi connectivity index (χ1v) is 5.31. The van der Waals surface area contributed by atoms with Crippen molar-refractivity contribution >= 4 is 5.69 Å². The molecule has 3 heteroatoms. The molecule has 0 aromatic heterocycles. The lowest BCUT2D eigenvalue weighted by Crippen LogP contribution is -2.17. The minimum Gasteiger partial charge on any atom is -0.495 e. The maximum Gasteiger partial charge on any atom is 0.142 e. The first kappa shape index (κ1) is 10.3. The third kappa shape index (κ3) is 2.41. The Bertz CT molecular complexity index is 349. The van der Waals surface area contributed by atoms with E-state index in [9.17, 15) is 4.39 Å². The predicted molar refractivity (Wildman–Crippen MR) is 58.8 cm³/mol. The standard InChI is InChI=1S/C12H16FNO/c1-8(9-3-4-9)14-11-7-10(13)5-6-12(11)15-2/h5-9,14H,3-4H2,1-2H3. The number of nitrogens with one attached hydrogen (secondary N) is 1. The van der Waals surface area contributed by atoms with Gasteiger partial charge in [0.05, 0.1) is 12.8 Å². The summed E-state index contributed by atoms with van der Waals surface area (Å²) < 4.78 is 18.2. The van der Waals surface area contributed by atoms with Gasteiger partial charge in [-0.15, -0.1) is 0 Å². The third-order valence-corrected chi connectivity index (χ3v) is 2.87. The van der Waals surface area contributed by atoms with E-state index in [1.165, 1.54) is 25.0 Å². The zero-order chi connectivity index (χ0) is 10.8. The number of anilines is 1. The van der Waals surface area contributed by atoms with Gasteiger partial charge in [-0.2, -0.15) is 0 Å². The second kappa shape index (κ2) is 4.09. The van der Waals surface area contributed by atoms with Crippen molar-refractivity contribution in [3.8, 4) is 5.75 Å². The number of methoxy groups -OCH3 is 1. The molecule has 0 heterocycles. The van der Waals surface area contributed by atoms with Crippen LogP contribution in [0, 0.1) is 11.7 Å². The molecule has 2 nitrogen and oxygen atoms in total. The highest BCUT2D eigenvalue weighted by molar-refractivity contribution is 5.57. The van der Waals surface area contributed by atoms with E-state index in [4.69, 9.17) is 4.74 Å². The van der Waals surface area contributed by atoms with Gasteiger partial charge in [0.2, 0.25) is 0 Å². The Morgan fingerprint density at radius 3 is 2.80 bits per heavy atom. The lowest BCUT2D eigenvalue weighted by atomic mass is 10.2. The van der Waals surface area contributed by atoms with Gasteiger partial charge >= 0.3 is 0 Å². The highest BCUT2D eigenvalue weighted by Crippen LogP contribution is 2.35. The van der Waals surface area contributed by atoms with Crippen molar-refractivity contribution in [3.63, 3.8) is 0 Å². The quantitative estimate of drug-likeness (QED) is 0.823. The number of ether oxygens (including phenoxy) is 1. The fourth-order valence-corrected chi connectivity index (χ4v) is 1.75. The van der Waals surface area contributed by atoms with Crippen LogP contribution in [0.2, 0.25) is 0 Å². The largest absolute Gasteiger partial charge is 0.495 e. The lowest BCUT2D eigenvalue weighted by molar-refractivity contribution is 0.414. The molecule has 0 bridgehead atoms. The summed E-state index contributed by atoms with van der Waals surface area (Å²) >= 11 is 0. The van der Waals surface area contributed by atoms with Gasteiger partial charge in [-0.1, -0.05) is 0 Å². The predicted octanol–water partition coefficient (Wildman–Crippen LogP) is 3.04. The van der Waals surface area contributed by atoms with Crippen LogP contribution in [0.1, 0.15) is 19.8 Å². The van der Waals surface area contributed by atoms with Crippen LogP contribution in [0.3, 0.4) is 0 Å². The Labute approximate surface area is 89.4 Å². The van der Waals surface area contributed by atoms with Crippen molar-refractivity contribution in [2.24, 2.45) is 5.92 Å². The van der Waals surface area contributed by atoms with Crippen LogP contribution < -0.4 is 10.1 Å². The van der Waals surface area contributed by atoms with Crippen LogP contribution in [-0.2, 0) is 0 Å². The summed E-state index contributed by atoms with van der Waals surface area (Å²) in [7, 11) is 1.60. The smallest absolute Gasteiger partial charge is 0.142 e. The SMILES string of the molecule is COc1ccc(F)cc1NC(C)C1CC1. The first-order valence-electron chi connectivity index (χ1n) is 5.31. The van der Waals surface area contributed by atoms with Crippen molar-refractivity contribution in [1.29, 1.82) is 0 Å². The van der Waals surface area contributed by atoms with E-state index in [0.29, 0.717) is 11.8 Å². The average molecular weight is 209 g/mol. The van der Waals surface area contributed by atoms with Crippen LogP contribution in [0.25, 0.3) is 0 Å². The normalized spacial score (nSPS) is 17.3. The Morgan fingerprint density at radius 1 is 1.47 bits per heavy atom. The summed E-state index contributed by atoms with van der Waals surface area (Å²) in [5.41, 5.74) is 0.747. The van der Waals surface area contributed by atoms with Crippen LogP contribution in [0.5, 0.6) is 5.75 Å². The zero-order valence-electron chi connectivity index (χ0n) is 9.09. The lowest BCUT2D eigenvalue weighted by Gasteiger charge is -2.16. The van der Waals surface area contributed by atoms with Crippen molar-refractivity contribution in [3.05, 3.63) is 24.0 Å². The summed E-state index contributed by atoms with van der Waals surface area (Å²) in [5, 5.41) is 3.30. The molecular formula is C12H16FNO. The van der Waals surface area contributed by atoms with Gasteiger partial charge < -0.3 is 10.1 Å². The van der Waals surface area contributed by atoms with Gasteiger partial charge in [0.1, 0.15) is 11.6 Å². The molecule has 1 atom stereocenters. The maximum absolute atomic E-state index is 13.1. The minimum absolute atomic E-state index is 0.235. The molecule has 1 aliphatic rings. The summed E-state index contributed by atoms with van der Waals surface area (Å²) in [4.78, 5) is 0. The van der Waals surface area contributed by atoms with Crippen LogP contribution in [0.15, 0.2) is 18.2 Å². The van der Waals surface area contributed by atoms with E-state index in [1.807, 2.05) is 0 Å². The average Bonchev–Trinajstić information content (AvgIpc) is 3.01. The number of rotatable bonds is 4. The third-order valence-electron chi connectivity index (χ3n) is 2.87. The monoisotopic (exact) mass is 209 g/mol. The van der Waals surface area contributed by atoms with Gasteiger partial charge in [-0.25, -0.2) is 4.39 Å². The topological polar surface area (TPSA) is 21.3 Å². The Morgan fingerprint density at radius 2 is 2.20 bits per heavy atom. The van der Waals surface area contributed by atoms with Crippen LogP contribution in [-0.4, -0.2) is 13.2 Å². The van der Waals surface area contributed by atoms with E-state index in [1.54, 1.807) is 13.2 Å². The first-order chi connectivity index (χ1) is 7.20. The molecule has 1 N–H and O–H groups in total. The number of hydrogen-bond donors (Lipinski definition) is 1. The van der Waals surface area contributed by atoms with Crippen molar-refractivity contribution < 1.29 is 9.13 Å². The highest BCUT2D eigenvalue weighted by atomic mass is 19.1. The van der Waals surface area contributed by atoms with Gasteiger partial charge in [-0.05, 0) is 37.8 Å².